The van der Waals surface area contributed by atoms with Crippen LogP contribution >= 0.6 is 0 Å². The molecule has 0 saturated carbocycles. The highest BCUT2D eigenvalue weighted by atomic mass is 19.1. The third-order valence-corrected chi connectivity index (χ3v) is 4.66. The fraction of sp³-hybridized carbons (Fsp3) is 0.364. The molecule has 0 bridgehead atoms. The Morgan fingerprint density at radius 2 is 1.84 bits per heavy atom. The molecule has 0 amide bonds. The largest absolute Gasteiger partial charge is 0.380 e. The van der Waals surface area contributed by atoms with E-state index in [9.17, 15) is 9.50 Å². The van der Waals surface area contributed by atoms with Gasteiger partial charge >= 0.3 is 0 Å². The van der Waals surface area contributed by atoms with Gasteiger partial charge in [-0.3, -0.25) is 0 Å². The molecule has 0 fully saturated rings. The second-order valence-electron chi connectivity index (χ2n) is 7.18. The molecule has 0 aromatic heterocycles. The van der Waals surface area contributed by atoms with Crippen LogP contribution in [0, 0.1) is 18.7 Å². The quantitative estimate of drug-likeness (QED) is 0.828. The van der Waals surface area contributed by atoms with E-state index in [2.05, 4.69) is 11.8 Å². The Hall–Kier alpha value is -1.97. The molecule has 0 aliphatic carbocycles. The number of halogens is 1. The van der Waals surface area contributed by atoms with E-state index in [-0.39, 0.29) is 11.7 Å². The minimum atomic E-state index is -1.09. The molecule has 25 heavy (non-hydrogen) atoms. The van der Waals surface area contributed by atoms with Gasteiger partial charge in [0.2, 0.25) is 0 Å². The normalized spacial score (nSPS) is 15.9. The minimum Gasteiger partial charge on any atom is -0.380 e. The Bertz CT molecular complexity index is 736. The van der Waals surface area contributed by atoms with Crippen LogP contribution < -0.4 is 0 Å². The van der Waals surface area contributed by atoms with Crippen LogP contribution in [0.2, 0.25) is 0 Å². The van der Waals surface area contributed by atoms with E-state index in [4.69, 9.17) is 0 Å². The van der Waals surface area contributed by atoms with Gasteiger partial charge < -0.3 is 10.0 Å². The molecular formula is C22H28FNO. The molecule has 2 rings (SSSR count). The van der Waals surface area contributed by atoms with E-state index < -0.39 is 5.60 Å². The maximum atomic E-state index is 13.2. The molecular weight excluding hydrogens is 313 g/mol. The zero-order chi connectivity index (χ0) is 18.6. The van der Waals surface area contributed by atoms with Crippen LogP contribution in [0.4, 0.5) is 4.39 Å². The van der Waals surface area contributed by atoms with Crippen LogP contribution in [0.5, 0.6) is 0 Å². The Kier molecular flexibility index (Phi) is 6.15. The van der Waals surface area contributed by atoms with Crippen molar-refractivity contribution >= 4 is 6.08 Å². The van der Waals surface area contributed by atoms with Crippen LogP contribution in [-0.2, 0) is 5.60 Å². The molecule has 134 valence electrons. The van der Waals surface area contributed by atoms with Gasteiger partial charge in [-0.05, 0) is 56.8 Å². The van der Waals surface area contributed by atoms with Crippen molar-refractivity contribution in [2.45, 2.75) is 26.4 Å². The number of aryl methyl sites for hydroxylation is 1. The lowest BCUT2D eigenvalue weighted by Crippen LogP contribution is -2.40. The smallest absolute Gasteiger partial charge is 0.123 e. The molecule has 0 spiro atoms. The lowest BCUT2D eigenvalue weighted by molar-refractivity contribution is 0.0105. The first kappa shape index (κ1) is 19.4. The summed E-state index contributed by atoms with van der Waals surface area (Å²) < 4.78 is 13.2. The third-order valence-electron chi connectivity index (χ3n) is 4.66. The first-order valence-corrected chi connectivity index (χ1v) is 8.62. The zero-order valence-electron chi connectivity index (χ0n) is 15.8. The van der Waals surface area contributed by atoms with E-state index in [0.29, 0.717) is 0 Å². The van der Waals surface area contributed by atoms with E-state index in [1.54, 1.807) is 12.1 Å². The minimum absolute atomic E-state index is 0.0130. The summed E-state index contributed by atoms with van der Waals surface area (Å²) in [6.45, 7) is 6.78. The SMILES string of the molecule is C/C(=C\c1ccc(F)cc1)C(O)(c1cccc(C)c1)C(C)CN(C)C. The van der Waals surface area contributed by atoms with Crippen molar-refractivity contribution in [2.75, 3.05) is 20.6 Å². The number of rotatable bonds is 6. The van der Waals surface area contributed by atoms with Gasteiger partial charge in [0.1, 0.15) is 11.4 Å². The maximum Gasteiger partial charge on any atom is 0.123 e. The maximum absolute atomic E-state index is 13.2. The predicted molar refractivity (Wildman–Crippen MR) is 103 cm³/mol. The number of benzene rings is 2. The standard InChI is InChI=1S/C22H28FNO/c1-16-7-6-8-20(13-16)22(25,18(3)15-24(4)5)17(2)14-19-9-11-21(23)12-10-19/h6-14,18,25H,15H2,1-5H3/b17-14+. The van der Waals surface area contributed by atoms with Crippen molar-refractivity contribution in [3.05, 3.63) is 76.6 Å². The van der Waals surface area contributed by atoms with E-state index >= 15 is 0 Å². The van der Waals surface area contributed by atoms with Gasteiger partial charge in [-0.15, -0.1) is 0 Å². The molecule has 0 radical (unpaired) electrons. The molecule has 0 aliphatic rings. The highest BCUT2D eigenvalue weighted by Crippen LogP contribution is 2.38. The number of nitrogens with zero attached hydrogens (tertiary/aromatic N) is 1. The van der Waals surface area contributed by atoms with Crippen molar-refractivity contribution in [3.8, 4) is 0 Å². The van der Waals surface area contributed by atoms with Crippen LogP contribution in [0.15, 0.2) is 54.1 Å². The summed E-state index contributed by atoms with van der Waals surface area (Å²) in [5.74, 6) is -0.272. The Morgan fingerprint density at radius 3 is 2.40 bits per heavy atom. The highest BCUT2D eigenvalue weighted by Gasteiger charge is 2.37. The zero-order valence-corrected chi connectivity index (χ0v) is 15.8. The summed E-state index contributed by atoms with van der Waals surface area (Å²) in [6.07, 6.45) is 1.94. The van der Waals surface area contributed by atoms with Crippen molar-refractivity contribution < 1.29 is 9.50 Å². The fourth-order valence-electron chi connectivity index (χ4n) is 3.38. The topological polar surface area (TPSA) is 23.5 Å². The Labute approximate surface area is 150 Å². The van der Waals surface area contributed by atoms with Gasteiger partial charge in [-0.1, -0.05) is 55.0 Å². The van der Waals surface area contributed by atoms with E-state index in [1.165, 1.54) is 12.1 Å². The molecule has 0 saturated heterocycles. The molecule has 0 aliphatic heterocycles. The first-order chi connectivity index (χ1) is 11.7. The average Bonchev–Trinajstić information content (AvgIpc) is 2.55. The van der Waals surface area contributed by atoms with Crippen molar-refractivity contribution in [1.29, 1.82) is 0 Å². The van der Waals surface area contributed by atoms with Crippen LogP contribution in [0.3, 0.4) is 0 Å². The molecule has 3 heteroatoms. The van der Waals surface area contributed by atoms with Gasteiger partial charge in [-0.25, -0.2) is 4.39 Å². The second kappa shape index (κ2) is 7.94. The summed E-state index contributed by atoms with van der Waals surface area (Å²) in [6, 6.07) is 14.3. The van der Waals surface area contributed by atoms with Gasteiger partial charge in [0, 0.05) is 12.5 Å². The van der Waals surface area contributed by atoms with E-state index in [1.807, 2.05) is 58.3 Å². The molecule has 2 unspecified atom stereocenters. The molecule has 2 aromatic carbocycles. The third kappa shape index (κ3) is 4.56. The Morgan fingerprint density at radius 1 is 1.20 bits per heavy atom. The predicted octanol–water partition coefficient (Wildman–Crippen LogP) is 4.62. The lowest BCUT2D eigenvalue weighted by Gasteiger charge is -2.37. The van der Waals surface area contributed by atoms with Gasteiger partial charge in [0.05, 0.1) is 0 Å². The lowest BCUT2D eigenvalue weighted by atomic mass is 9.76. The van der Waals surface area contributed by atoms with Crippen molar-refractivity contribution in [3.63, 3.8) is 0 Å². The summed E-state index contributed by atoms with van der Waals surface area (Å²) >= 11 is 0. The van der Waals surface area contributed by atoms with Gasteiger partial charge in [0.25, 0.3) is 0 Å². The molecule has 2 aromatic rings. The summed E-state index contributed by atoms with van der Waals surface area (Å²) in [7, 11) is 4.01. The van der Waals surface area contributed by atoms with Gasteiger partial charge in [0.15, 0.2) is 0 Å². The number of hydrogen-bond donors (Lipinski definition) is 1. The fourth-order valence-corrected chi connectivity index (χ4v) is 3.38. The van der Waals surface area contributed by atoms with Crippen LogP contribution in [0.1, 0.15) is 30.5 Å². The Balaban J connectivity index is 2.51. The number of aliphatic hydroxyl groups is 1. The second-order valence-corrected chi connectivity index (χ2v) is 7.18. The molecule has 2 atom stereocenters. The first-order valence-electron chi connectivity index (χ1n) is 8.62. The molecule has 2 nitrogen and oxygen atoms in total. The highest BCUT2D eigenvalue weighted by molar-refractivity contribution is 5.56. The number of hydrogen-bond acceptors (Lipinski definition) is 2. The average molecular weight is 341 g/mol. The van der Waals surface area contributed by atoms with Crippen LogP contribution in [0.25, 0.3) is 6.08 Å². The van der Waals surface area contributed by atoms with E-state index in [0.717, 1.165) is 28.8 Å². The van der Waals surface area contributed by atoms with Crippen molar-refractivity contribution in [2.24, 2.45) is 5.92 Å². The molecule has 1 N–H and O–H groups in total. The van der Waals surface area contributed by atoms with Gasteiger partial charge in [-0.2, -0.15) is 0 Å². The van der Waals surface area contributed by atoms with Crippen molar-refractivity contribution in [1.82, 2.24) is 4.90 Å². The summed E-state index contributed by atoms with van der Waals surface area (Å²) in [5, 5.41) is 11.7. The summed E-state index contributed by atoms with van der Waals surface area (Å²) in [5.41, 5.74) is 2.63. The van der Waals surface area contributed by atoms with Crippen LogP contribution in [-0.4, -0.2) is 30.6 Å². The molecule has 0 heterocycles. The monoisotopic (exact) mass is 341 g/mol. The summed E-state index contributed by atoms with van der Waals surface area (Å²) in [4.78, 5) is 2.08.